The highest BCUT2D eigenvalue weighted by Gasteiger charge is 2.43. The Morgan fingerprint density at radius 2 is 2.11 bits per heavy atom. The maximum Gasteiger partial charge on any atom is 0.331 e. The van der Waals surface area contributed by atoms with Crippen LogP contribution in [0.5, 0.6) is 0 Å². The Balaban J connectivity index is 2.42. The summed E-state index contributed by atoms with van der Waals surface area (Å²) in [5, 5.41) is 35.8. The summed E-state index contributed by atoms with van der Waals surface area (Å²) in [6.07, 6.45) is -3.26. The number of aliphatic hydroxyl groups is 3. The number of nitrogens with zero attached hydrogens (tertiary/aromatic N) is 2. The summed E-state index contributed by atoms with van der Waals surface area (Å²) < 4.78 is 7.40. The van der Waals surface area contributed by atoms with Crippen molar-refractivity contribution in [3.63, 3.8) is 0 Å². The third-order valence-corrected chi connectivity index (χ3v) is 3.05. The zero-order valence-corrected chi connectivity index (χ0v) is 9.72. The van der Waals surface area contributed by atoms with E-state index in [-0.39, 0.29) is 5.49 Å². The second kappa shape index (κ2) is 4.65. The van der Waals surface area contributed by atoms with Gasteiger partial charge >= 0.3 is 5.69 Å². The number of ether oxygens (including phenoxy) is 1. The molecule has 8 nitrogen and oxygen atoms in total. The minimum Gasteiger partial charge on any atom is -0.394 e. The average molecular weight is 257 g/mol. The van der Waals surface area contributed by atoms with Crippen LogP contribution in [0.2, 0.25) is 0 Å². The van der Waals surface area contributed by atoms with Gasteiger partial charge in [0, 0.05) is 13.2 Å². The Hall–Kier alpha value is -1.48. The molecule has 0 saturated carbocycles. The van der Waals surface area contributed by atoms with Crippen LogP contribution in [0.4, 0.5) is 0 Å². The van der Waals surface area contributed by atoms with Gasteiger partial charge in [0.2, 0.25) is 0 Å². The first kappa shape index (κ1) is 13.0. The maximum absolute atomic E-state index is 11.9. The van der Waals surface area contributed by atoms with Gasteiger partial charge in [-0.15, -0.1) is 0 Å². The van der Waals surface area contributed by atoms with Gasteiger partial charge in [0.1, 0.15) is 23.8 Å². The molecule has 1 aromatic heterocycles. The normalized spacial score (nSPS) is 31.8. The van der Waals surface area contributed by atoms with Gasteiger partial charge in [-0.3, -0.25) is 14.5 Å². The van der Waals surface area contributed by atoms with Crippen molar-refractivity contribution in [3.05, 3.63) is 28.2 Å². The lowest BCUT2D eigenvalue weighted by atomic mass is 10.1. The van der Waals surface area contributed by atoms with Gasteiger partial charge in [-0.1, -0.05) is 0 Å². The summed E-state index contributed by atoms with van der Waals surface area (Å²) in [5.41, 5.74) is -0.527. The molecule has 0 bridgehead atoms. The minimum absolute atomic E-state index is 0.0167. The van der Waals surface area contributed by atoms with Crippen LogP contribution in [0.25, 0.3) is 0 Å². The molecule has 1 aromatic rings. The van der Waals surface area contributed by atoms with Crippen molar-refractivity contribution in [1.82, 2.24) is 9.13 Å². The predicted molar refractivity (Wildman–Crippen MR) is 58.5 cm³/mol. The van der Waals surface area contributed by atoms with E-state index >= 15 is 0 Å². The van der Waals surface area contributed by atoms with E-state index < -0.39 is 36.8 Å². The summed E-state index contributed by atoms with van der Waals surface area (Å²) in [6.45, 7) is -0.452. The molecule has 4 atom stereocenters. The lowest BCUT2D eigenvalue weighted by molar-refractivity contribution is -0.0555. The molecular formula is C10H15N3O5. The topological polar surface area (TPSA) is 121 Å². The Kier molecular flexibility index (Phi) is 3.35. The Labute approximate surface area is 102 Å². The summed E-state index contributed by atoms with van der Waals surface area (Å²) in [5.74, 6) is 0. The molecule has 1 aliphatic heterocycles. The second-order valence-electron chi connectivity index (χ2n) is 4.18. The highest BCUT2D eigenvalue weighted by molar-refractivity contribution is 4.93. The van der Waals surface area contributed by atoms with Crippen molar-refractivity contribution in [1.29, 1.82) is 5.41 Å². The Morgan fingerprint density at radius 1 is 1.44 bits per heavy atom. The molecule has 2 heterocycles. The minimum atomic E-state index is -1.31. The number of nitrogens with one attached hydrogen (secondary N) is 1. The second-order valence-corrected chi connectivity index (χ2v) is 4.18. The van der Waals surface area contributed by atoms with Gasteiger partial charge in [0.15, 0.2) is 6.23 Å². The average Bonchev–Trinajstić information content (AvgIpc) is 2.64. The number of rotatable bonds is 2. The van der Waals surface area contributed by atoms with Crippen LogP contribution < -0.4 is 11.2 Å². The molecule has 0 aliphatic carbocycles. The van der Waals surface area contributed by atoms with Crippen LogP contribution in [0.15, 0.2) is 17.1 Å². The zero-order chi connectivity index (χ0) is 13.4. The van der Waals surface area contributed by atoms with E-state index in [0.29, 0.717) is 0 Å². The number of aliphatic hydroxyl groups excluding tert-OH is 3. The first-order valence-corrected chi connectivity index (χ1v) is 5.42. The summed E-state index contributed by atoms with van der Waals surface area (Å²) in [6, 6.07) is 1.37. The van der Waals surface area contributed by atoms with Gasteiger partial charge in [-0.2, -0.15) is 0 Å². The molecule has 0 amide bonds. The molecule has 1 saturated heterocycles. The van der Waals surface area contributed by atoms with Crippen LogP contribution in [-0.2, 0) is 11.8 Å². The lowest BCUT2D eigenvalue weighted by Gasteiger charge is -2.18. The van der Waals surface area contributed by atoms with Crippen molar-refractivity contribution in [2.24, 2.45) is 7.05 Å². The molecule has 18 heavy (non-hydrogen) atoms. The van der Waals surface area contributed by atoms with E-state index in [9.17, 15) is 15.0 Å². The number of hydrogen-bond donors (Lipinski definition) is 4. The Morgan fingerprint density at radius 3 is 2.67 bits per heavy atom. The SMILES string of the molecule is Cn1c(=N)ccn([C@@H]2O[C@H](CO)C(O)C2O)c1=O. The maximum atomic E-state index is 11.9. The van der Waals surface area contributed by atoms with E-state index in [1.807, 2.05) is 0 Å². The molecule has 0 spiro atoms. The van der Waals surface area contributed by atoms with Crippen molar-refractivity contribution in [3.8, 4) is 0 Å². The monoisotopic (exact) mass is 257 g/mol. The van der Waals surface area contributed by atoms with E-state index in [1.54, 1.807) is 0 Å². The fourth-order valence-corrected chi connectivity index (χ4v) is 1.91. The largest absolute Gasteiger partial charge is 0.394 e. The third-order valence-electron chi connectivity index (χ3n) is 3.05. The van der Waals surface area contributed by atoms with Gasteiger partial charge in [0.25, 0.3) is 0 Å². The number of hydrogen-bond acceptors (Lipinski definition) is 6. The molecule has 2 rings (SSSR count). The molecule has 1 fully saturated rings. The van der Waals surface area contributed by atoms with Crippen LogP contribution in [-0.4, -0.2) is 49.4 Å². The summed E-state index contributed by atoms with van der Waals surface area (Å²) >= 11 is 0. The molecule has 4 N–H and O–H groups in total. The third kappa shape index (κ3) is 1.89. The zero-order valence-electron chi connectivity index (χ0n) is 9.72. The quantitative estimate of drug-likeness (QED) is 0.458. The molecule has 100 valence electrons. The first-order chi connectivity index (χ1) is 8.47. The molecule has 1 aliphatic rings. The molecule has 0 radical (unpaired) electrons. The smallest absolute Gasteiger partial charge is 0.331 e. The van der Waals surface area contributed by atoms with E-state index in [2.05, 4.69) is 0 Å². The van der Waals surface area contributed by atoms with Crippen molar-refractivity contribution >= 4 is 0 Å². The highest BCUT2D eigenvalue weighted by Crippen LogP contribution is 2.27. The van der Waals surface area contributed by atoms with E-state index in [1.165, 1.54) is 19.3 Å². The van der Waals surface area contributed by atoms with Gasteiger partial charge in [-0.25, -0.2) is 4.79 Å². The Bertz CT molecular complexity index is 551. The van der Waals surface area contributed by atoms with Gasteiger partial charge in [0.05, 0.1) is 6.61 Å². The van der Waals surface area contributed by atoms with Crippen LogP contribution in [0.3, 0.4) is 0 Å². The van der Waals surface area contributed by atoms with Crippen molar-refractivity contribution in [2.45, 2.75) is 24.5 Å². The molecule has 2 unspecified atom stereocenters. The standard InChI is InChI=1S/C10H15N3O5/c1-12-6(11)2-3-13(10(12)17)9-8(16)7(15)5(4-14)18-9/h2-3,5,7-9,11,14-16H,4H2,1H3/t5-,7?,8?,9-/m1/s1. The van der Waals surface area contributed by atoms with Gasteiger partial charge < -0.3 is 20.1 Å². The fraction of sp³-hybridized carbons (Fsp3) is 0.600. The number of aromatic nitrogens is 2. The van der Waals surface area contributed by atoms with E-state index in [0.717, 1.165) is 9.13 Å². The van der Waals surface area contributed by atoms with Crippen LogP contribution >= 0.6 is 0 Å². The highest BCUT2D eigenvalue weighted by atomic mass is 16.6. The molecule has 0 aromatic carbocycles. The van der Waals surface area contributed by atoms with Crippen LogP contribution in [0, 0.1) is 5.41 Å². The van der Waals surface area contributed by atoms with Crippen molar-refractivity contribution in [2.75, 3.05) is 6.61 Å². The first-order valence-electron chi connectivity index (χ1n) is 5.42. The predicted octanol–water partition coefficient (Wildman–Crippen LogP) is -2.72. The summed E-state index contributed by atoms with van der Waals surface area (Å²) in [4.78, 5) is 11.9. The summed E-state index contributed by atoms with van der Waals surface area (Å²) in [7, 11) is 1.42. The molecular weight excluding hydrogens is 242 g/mol. The van der Waals surface area contributed by atoms with Crippen LogP contribution in [0.1, 0.15) is 6.23 Å². The fourth-order valence-electron chi connectivity index (χ4n) is 1.91. The van der Waals surface area contributed by atoms with E-state index in [4.69, 9.17) is 15.3 Å². The van der Waals surface area contributed by atoms with Gasteiger partial charge in [-0.05, 0) is 6.07 Å². The molecule has 8 heteroatoms. The van der Waals surface area contributed by atoms with Crippen molar-refractivity contribution < 1.29 is 20.1 Å². The lowest BCUT2D eigenvalue weighted by Crippen LogP contribution is -2.41.